The van der Waals surface area contributed by atoms with Gasteiger partial charge in [-0.1, -0.05) is 11.3 Å². The standard InChI is InChI=1S/C10H10N4O3S/c1-6-3-11-9(2-8(6)14(16)17)12-4-7-5-18-10(15)13-7/h2-3,5H,4H2,1H3,(H,11,12)(H,13,15). The van der Waals surface area contributed by atoms with Gasteiger partial charge < -0.3 is 10.3 Å². The number of H-pyrrole nitrogens is 1. The third-order valence-electron chi connectivity index (χ3n) is 2.30. The zero-order valence-corrected chi connectivity index (χ0v) is 10.3. The van der Waals surface area contributed by atoms with Gasteiger partial charge in [-0.3, -0.25) is 14.9 Å². The van der Waals surface area contributed by atoms with E-state index in [1.54, 1.807) is 12.3 Å². The van der Waals surface area contributed by atoms with Gasteiger partial charge in [0.15, 0.2) is 0 Å². The molecule has 0 aliphatic carbocycles. The highest BCUT2D eigenvalue weighted by Crippen LogP contribution is 2.20. The van der Waals surface area contributed by atoms with Crippen LogP contribution in [0.2, 0.25) is 0 Å². The minimum Gasteiger partial charge on any atom is -0.364 e. The van der Waals surface area contributed by atoms with E-state index in [0.717, 1.165) is 17.0 Å². The second-order valence-electron chi connectivity index (χ2n) is 3.64. The summed E-state index contributed by atoms with van der Waals surface area (Å²) < 4.78 is 0. The third-order valence-corrected chi connectivity index (χ3v) is 3.02. The lowest BCUT2D eigenvalue weighted by molar-refractivity contribution is -0.385. The Hall–Kier alpha value is -2.22. The number of rotatable bonds is 4. The van der Waals surface area contributed by atoms with Crippen LogP contribution in [0.1, 0.15) is 11.3 Å². The van der Waals surface area contributed by atoms with Gasteiger partial charge in [0, 0.05) is 22.8 Å². The number of anilines is 1. The molecule has 18 heavy (non-hydrogen) atoms. The van der Waals surface area contributed by atoms with E-state index in [0.29, 0.717) is 17.9 Å². The van der Waals surface area contributed by atoms with Crippen LogP contribution in [0, 0.1) is 17.0 Å². The minimum absolute atomic E-state index is 0.0197. The number of pyridine rings is 1. The van der Waals surface area contributed by atoms with E-state index in [1.165, 1.54) is 12.3 Å². The van der Waals surface area contributed by atoms with Crippen molar-refractivity contribution in [2.75, 3.05) is 5.32 Å². The topological polar surface area (TPSA) is 101 Å². The average molecular weight is 266 g/mol. The largest absolute Gasteiger partial charge is 0.364 e. The second-order valence-corrected chi connectivity index (χ2v) is 4.48. The zero-order valence-electron chi connectivity index (χ0n) is 9.47. The van der Waals surface area contributed by atoms with Gasteiger partial charge in [-0.25, -0.2) is 4.98 Å². The molecular weight excluding hydrogens is 256 g/mol. The summed E-state index contributed by atoms with van der Waals surface area (Å²) in [4.78, 5) is 27.8. The highest BCUT2D eigenvalue weighted by molar-refractivity contribution is 7.07. The molecule has 0 unspecified atom stereocenters. The van der Waals surface area contributed by atoms with Gasteiger partial charge in [0.1, 0.15) is 5.82 Å². The predicted molar refractivity (Wildman–Crippen MR) is 67.9 cm³/mol. The van der Waals surface area contributed by atoms with Crippen molar-refractivity contribution < 1.29 is 4.92 Å². The minimum atomic E-state index is -0.450. The summed E-state index contributed by atoms with van der Waals surface area (Å²) in [5.74, 6) is 0.402. The molecule has 0 aliphatic heterocycles. The summed E-state index contributed by atoms with van der Waals surface area (Å²) >= 11 is 1.07. The van der Waals surface area contributed by atoms with E-state index in [4.69, 9.17) is 0 Å². The molecular formula is C10H10N4O3S. The lowest BCUT2D eigenvalue weighted by Crippen LogP contribution is -2.05. The quantitative estimate of drug-likeness (QED) is 0.647. The fraction of sp³-hybridized carbons (Fsp3) is 0.200. The Morgan fingerprint density at radius 1 is 1.61 bits per heavy atom. The summed E-state index contributed by atoms with van der Waals surface area (Å²) in [6, 6.07) is 1.37. The molecule has 0 saturated heterocycles. The average Bonchev–Trinajstić information content (AvgIpc) is 2.74. The molecule has 2 aromatic rings. The fourth-order valence-corrected chi connectivity index (χ4v) is 1.97. The lowest BCUT2D eigenvalue weighted by Gasteiger charge is -2.04. The number of nitrogens with one attached hydrogen (secondary N) is 2. The number of aromatic amines is 1. The van der Waals surface area contributed by atoms with Crippen LogP contribution >= 0.6 is 11.3 Å². The van der Waals surface area contributed by atoms with Crippen LogP contribution < -0.4 is 10.2 Å². The first-order valence-corrected chi connectivity index (χ1v) is 5.96. The van der Waals surface area contributed by atoms with Gasteiger partial charge in [0.05, 0.1) is 17.5 Å². The van der Waals surface area contributed by atoms with E-state index in [9.17, 15) is 14.9 Å². The molecule has 0 atom stereocenters. The summed E-state index contributed by atoms with van der Waals surface area (Å²) in [7, 11) is 0. The Labute approximate surface area is 106 Å². The van der Waals surface area contributed by atoms with E-state index in [1.807, 2.05) is 0 Å². The molecule has 0 saturated carbocycles. The van der Waals surface area contributed by atoms with E-state index >= 15 is 0 Å². The van der Waals surface area contributed by atoms with Gasteiger partial charge in [0.2, 0.25) is 0 Å². The van der Waals surface area contributed by atoms with Crippen molar-refractivity contribution in [1.29, 1.82) is 0 Å². The number of aromatic nitrogens is 2. The molecule has 94 valence electrons. The zero-order chi connectivity index (χ0) is 13.1. The number of nitrogens with zero attached hydrogens (tertiary/aromatic N) is 2. The number of aryl methyl sites for hydroxylation is 1. The number of thiazole rings is 1. The predicted octanol–water partition coefficient (Wildman–Crippen LogP) is 1.66. The van der Waals surface area contributed by atoms with E-state index < -0.39 is 4.92 Å². The Morgan fingerprint density at radius 2 is 2.39 bits per heavy atom. The van der Waals surface area contributed by atoms with Crippen LogP contribution in [-0.4, -0.2) is 14.9 Å². The Balaban J connectivity index is 2.12. The van der Waals surface area contributed by atoms with Crippen LogP contribution in [0.3, 0.4) is 0 Å². The molecule has 2 rings (SSSR count). The summed E-state index contributed by atoms with van der Waals surface area (Å²) in [5.41, 5.74) is 1.25. The molecule has 2 heterocycles. The van der Waals surface area contributed by atoms with Crippen molar-refractivity contribution in [3.05, 3.63) is 48.7 Å². The number of hydrogen-bond donors (Lipinski definition) is 2. The molecule has 0 fully saturated rings. The smallest absolute Gasteiger partial charge is 0.304 e. The fourth-order valence-electron chi connectivity index (χ4n) is 1.39. The van der Waals surface area contributed by atoms with Gasteiger partial charge in [-0.2, -0.15) is 0 Å². The number of nitro groups is 1. The molecule has 7 nitrogen and oxygen atoms in total. The SMILES string of the molecule is Cc1cnc(NCc2csc(=O)[nH]2)cc1[N+](=O)[O-]. The van der Waals surface area contributed by atoms with E-state index in [2.05, 4.69) is 15.3 Å². The van der Waals surface area contributed by atoms with Crippen molar-refractivity contribution in [1.82, 2.24) is 9.97 Å². The van der Waals surface area contributed by atoms with Crippen LogP contribution in [0.5, 0.6) is 0 Å². The molecule has 0 radical (unpaired) electrons. The normalized spacial score (nSPS) is 10.3. The molecule has 0 aromatic carbocycles. The van der Waals surface area contributed by atoms with Crippen molar-refractivity contribution >= 4 is 22.8 Å². The van der Waals surface area contributed by atoms with Crippen molar-refractivity contribution in [2.45, 2.75) is 13.5 Å². The lowest BCUT2D eigenvalue weighted by atomic mass is 10.2. The Morgan fingerprint density at radius 3 is 3.00 bits per heavy atom. The third kappa shape index (κ3) is 2.72. The Kier molecular flexibility index (Phi) is 3.38. The first-order valence-electron chi connectivity index (χ1n) is 5.08. The summed E-state index contributed by atoms with van der Waals surface area (Å²) in [5, 5.41) is 15.4. The van der Waals surface area contributed by atoms with Crippen LogP contribution in [-0.2, 0) is 6.54 Å². The van der Waals surface area contributed by atoms with Gasteiger partial charge in [-0.15, -0.1) is 0 Å². The highest BCUT2D eigenvalue weighted by atomic mass is 32.1. The maximum absolute atomic E-state index is 10.9. The molecule has 0 amide bonds. The Bertz CT molecular complexity index is 634. The summed E-state index contributed by atoms with van der Waals surface area (Å²) in [6.07, 6.45) is 1.44. The van der Waals surface area contributed by atoms with E-state index in [-0.39, 0.29) is 10.6 Å². The van der Waals surface area contributed by atoms with Crippen LogP contribution in [0.4, 0.5) is 11.5 Å². The molecule has 2 N–H and O–H groups in total. The van der Waals surface area contributed by atoms with Crippen LogP contribution in [0.25, 0.3) is 0 Å². The maximum Gasteiger partial charge on any atom is 0.304 e. The second kappa shape index (κ2) is 4.96. The van der Waals surface area contributed by atoms with Crippen molar-refractivity contribution in [2.24, 2.45) is 0 Å². The molecule has 2 aromatic heterocycles. The highest BCUT2D eigenvalue weighted by Gasteiger charge is 2.11. The van der Waals surface area contributed by atoms with Gasteiger partial charge in [-0.05, 0) is 6.92 Å². The molecule has 0 aliphatic rings. The maximum atomic E-state index is 10.9. The summed E-state index contributed by atoms with van der Waals surface area (Å²) in [6.45, 7) is 2.00. The van der Waals surface area contributed by atoms with Crippen LogP contribution in [0.15, 0.2) is 22.4 Å². The first-order chi connectivity index (χ1) is 8.56. The van der Waals surface area contributed by atoms with Gasteiger partial charge in [0.25, 0.3) is 5.69 Å². The number of hydrogen-bond acceptors (Lipinski definition) is 6. The first kappa shape index (κ1) is 12.2. The molecule has 0 bridgehead atoms. The molecule has 8 heteroatoms. The molecule has 0 spiro atoms. The van der Waals surface area contributed by atoms with Crippen molar-refractivity contribution in [3.63, 3.8) is 0 Å². The van der Waals surface area contributed by atoms with Crippen molar-refractivity contribution in [3.8, 4) is 0 Å². The monoisotopic (exact) mass is 266 g/mol. The van der Waals surface area contributed by atoms with Gasteiger partial charge >= 0.3 is 4.87 Å².